The zero-order valence-corrected chi connectivity index (χ0v) is 10.6. The summed E-state index contributed by atoms with van der Waals surface area (Å²) in [5.74, 6) is -0.449. The van der Waals surface area contributed by atoms with Gasteiger partial charge in [-0.2, -0.15) is 0 Å². The standard InChI is InChI=1S/C13H15N3O3/c1-16-5-4-14-7-10(16)12(17)8-2-3-11-9(6-8)15-13(18)19-11/h2-3,6,10,14H,4-5,7H2,1H3,(H,15,18). The fraction of sp³-hybridized carbons (Fsp3) is 0.385. The van der Waals surface area contributed by atoms with E-state index in [2.05, 4.69) is 10.3 Å². The Morgan fingerprint density at radius 3 is 3.11 bits per heavy atom. The lowest BCUT2D eigenvalue weighted by Gasteiger charge is -2.31. The number of nitrogens with zero attached hydrogens (tertiary/aromatic N) is 1. The number of hydrogen-bond donors (Lipinski definition) is 2. The van der Waals surface area contributed by atoms with Gasteiger partial charge in [-0.1, -0.05) is 0 Å². The van der Waals surface area contributed by atoms with Crippen molar-refractivity contribution in [2.45, 2.75) is 6.04 Å². The summed E-state index contributed by atoms with van der Waals surface area (Å²) in [7, 11) is 1.95. The maximum atomic E-state index is 12.5. The summed E-state index contributed by atoms with van der Waals surface area (Å²) in [6.07, 6.45) is 0. The number of rotatable bonds is 2. The quantitative estimate of drug-likeness (QED) is 0.755. The summed E-state index contributed by atoms with van der Waals surface area (Å²) in [5, 5.41) is 3.22. The first-order valence-electron chi connectivity index (χ1n) is 6.23. The number of Topliss-reactive ketones (excluding diaryl/α,β-unsaturated/α-hetero) is 1. The molecule has 6 heteroatoms. The normalized spacial score (nSPS) is 20.8. The molecule has 1 aliphatic heterocycles. The number of carbonyl (C=O) groups is 1. The largest absolute Gasteiger partial charge is 0.417 e. The number of fused-ring (bicyclic) bond motifs is 1. The second kappa shape index (κ2) is 4.64. The van der Waals surface area contributed by atoms with Crippen LogP contribution >= 0.6 is 0 Å². The number of nitrogens with one attached hydrogen (secondary N) is 2. The predicted octanol–water partition coefficient (Wildman–Crippen LogP) is 0.207. The van der Waals surface area contributed by atoms with Gasteiger partial charge in [0.15, 0.2) is 11.4 Å². The molecule has 0 amide bonds. The summed E-state index contributed by atoms with van der Waals surface area (Å²) in [5.41, 5.74) is 1.61. The average molecular weight is 261 g/mol. The summed E-state index contributed by atoms with van der Waals surface area (Å²) in [4.78, 5) is 28.2. The van der Waals surface area contributed by atoms with E-state index in [0.717, 1.165) is 13.1 Å². The zero-order valence-electron chi connectivity index (χ0n) is 10.6. The lowest BCUT2D eigenvalue weighted by atomic mass is 10.0. The monoisotopic (exact) mass is 261 g/mol. The Morgan fingerprint density at radius 1 is 1.47 bits per heavy atom. The molecular formula is C13H15N3O3. The molecule has 1 fully saturated rings. The Labute approximate surface area is 109 Å². The van der Waals surface area contributed by atoms with Gasteiger partial charge in [0, 0.05) is 25.2 Å². The van der Waals surface area contributed by atoms with Crippen molar-refractivity contribution in [3.8, 4) is 0 Å². The van der Waals surface area contributed by atoms with E-state index in [0.29, 0.717) is 23.2 Å². The molecule has 0 radical (unpaired) electrons. The first-order chi connectivity index (χ1) is 9.15. The van der Waals surface area contributed by atoms with Gasteiger partial charge in [0.05, 0.1) is 11.6 Å². The van der Waals surface area contributed by atoms with Crippen molar-refractivity contribution in [1.29, 1.82) is 0 Å². The Kier molecular flexibility index (Phi) is 2.96. The summed E-state index contributed by atoms with van der Waals surface area (Å²) >= 11 is 0. The van der Waals surface area contributed by atoms with Crippen molar-refractivity contribution in [3.05, 3.63) is 34.3 Å². The van der Waals surface area contributed by atoms with E-state index in [-0.39, 0.29) is 11.8 Å². The molecule has 0 spiro atoms. The number of oxazole rings is 1. The van der Waals surface area contributed by atoms with Crippen LogP contribution in [0.15, 0.2) is 27.4 Å². The van der Waals surface area contributed by atoms with Crippen LogP contribution in [0.3, 0.4) is 0 Å². The van der Waals surface area contributed by atoms with Crippen molar-refractivity contribution >= 4 is 16.9 Å². The van der Waals surface area contributed by atoms with Gasteiger partial charge in [0.1, 0.15) is 0 Å². The smallest absolute Gasteiger partial charge is 0.408 e. The summed E-state index contributed by atoms with van der Waals surface area (Å²) < 4.78 is 4.92. The maximum Gasteiger partial charge on any atom is 0.417 e. The third-order valence-electron chi connectivity index (χ3n) is 3.52. The maximum absolute atomic E-state index is 12.5. The van der Waals surface area contributed by atoms with E-state index in [1.807, 2.05) is 11.9 Å². The van der Waals surface area contributed by atoms with Crippen LogP contribution in [0.2, 0.25) is 0 Å². The molecule has 2 heterocycles. The van der Waals surface area contributed by atoms with E-state index in [1.165, 1.54) is 0 Å². The minimum atomic E-state index is -0.504. The molecule has 0 aliphatic carbocycles. The lowest BCUT2D eigenvalue weighted by Crippen LogP contribution is -2.53. The van der Waals surface area contributed by atoms with Gasteiger partial charge in [-0.25, -0.2) is 4.79 Å². The molecule has 0 saturated carbocycles. The highest BCUT2D eigenvalue weighted by Gasteiger charge is 2.26. The molecule has 2 aromatic rings. The number of likely N-dealkylation sites (N-methyl/N-ethyl adjacent to an activating group) is 1. The van der Waals surface area contributed by atoms with E-state index < -0.39 is 5.76 Å². The van der Waals surface area contributed by atoms with E-state index in [1.54, 1.807) is 18.2 Å². The van der Waals surface area contributed by atoms with Gasteiger partial charge in [0.25, 0.3) is 0 Å². The molecular weight excluding hydrogens is 246 g/mol. The molecule has 6 nitrogen and oxygen atoms in total. The van der Waals surface area contributed by atoms with Crippen molar-refractivity contribution < 1.29 is 9.21 Å². The van der Waals surface area contributed by atoms with Gasteiger partial charge < -0.3 is 9.73 Å². The van der Waals surface area contributed by atoms with Gasteiger partial charge in [-0.05, 0) is 25.2 Å². The average Bonchev–Trinajstić information content (AvgIpc) is 2.77. The van der Waals surface area contributed by atoms with Crippen LogP contribution in [0, 0.1) is 0 Å². The highest BCUT2D eigenvalue weighted by atomic mass is 16.4. The molecule has 1 aromatic carbocycles. The molecule has 19 heavy (non-hydrogen) atoms. The molecule has 100 valence electrons. The number of benzene rings is 1. The topological polar surface area (TPSA) is 78.3 Å². The lowest BCUT2D eigenvalue weighted by molar-refractivity contribution is 0.0819. The van der Waals surface area contributed by atoms with Crippen molar-refractivity contribution in [2.24, 2.45) is 0 Å². The van der Waals surface area contributed by atoms with Crippen LogP contribution in [0.25, 0.3) is 11.1 Å². The third kappa shape index (κ3) is 2.20. The van der Waals surface area contributed by atoms with E-state index in [9.17, 15) is 9.59 Å². The molecule has 1 aliphatic rings. The van der Waals surface area contributed by atoms with Crippen molar-refractivity contribution in [2.75, 3.05) is 26.7 Å². The number of H-pyrrole nitrogens is 1. The minimum Gasteiger partial charge on any atom is -0.408 e. The second-order valence-electron chi connectivity index (χ2n) is 4.79. The number of aromatic nitrogens is 1. The number of carbonyl (C=O) groups excluding carboxylic acids is 1. The second-order valence-corrected chi connectivity index (χ2v) is 4.79. The molecule has 1 atom stereocenters. The van der Waals surface area contributed by atoms with Crippen molar-refractivity contribution in [1.82, 2.24) is 15.2 Å². The summed E-state index contributed by atoms with van der Waals surface area (Å²) in [6.45, 7) is 2.39. The highest BCUT2D eigenvalue weighted by molar-refractivity contribution is 6.02. The summed E-state index contributed by atoms with van der Waals surface area (Å²) in [6, 6.07) is 4.86. The van der Waals surface area contributed by atoms with Crippen molar-refractivity contribution in [3.63, 3.8) is 0 Å². The number of hydrogen-bond acceptors (Lipinski definition) is 5. The molecule has 1 aromatic heterocycles. The van der Waals surface area contributed by atoms with Crippen LogP contribution in [0.4, 0.5) is 0 Å². The Hall–Kier alpha value is -1.92. The van der Waals surface area contributed by atoms with E-state index in [4.69, 9.17) is 4.42 Å². The Bertz CT molecular complexity index is 673. The van der Waals surface area contributed by atoms with Crippen LogP contribution in [0.1, 0.15) is 10.4 Å². The Morgan fingerprint density at radius 2 is 2.32 bits per heavy atom. The van der Waals surface area contributed by atoms with Crippen LogP contribution < -0.4 is 11.1 Å². The fourth-order valence-corrected chi connectivity index (χ4v) is 2.40. The van der Waals surface area contributed by atoms with Crippen LogP contribution in [-0.2, 0) is 0 Å². The van der Waals surface area contributed by atoms with Gasteiger partial charge in [-0.15, -0.1) is 0 Å². The predicted molar refractivity (Wildman–Crippen MR) is 70.5 cm³/mol. The van der Waals surface area contributed by atoms with E-state index >= 15 is 0 Å². The first kappa shape index (κ1) is 12.1. The fourth-order valence-electron chi connectivity index (χ4n) is 2.40. The van der Waals surface area contributed by atoms with Gasteiger partial charge >= 0.3 is 5.76 Å². The molecule has 0 bridgehead atoms. The van der Waals surface area contributed by atoms with Crippen LogP contribution in [-0.4, -0.2) is 48.4 Å². The molecule has 1 unspecified atom stereocenters. The molecule has 2 N–H and O–H groups in total. The number of aromatic amines is 1. The first-order valence-corrected chi connectivity index (χ1v) is 6.23. The molecule has 1 saturated heterocycles. The minimum absolute atomic E-state index is 0.0543. The van der Waals surface area contributed by atoms with Gasteiger partial charge in [0.2, 0.25) is 0 Å². The number of piperazine rings is 1. The molecule has 3 rings (SSSR count). The van der Waals surface area contributed by atoms with Crippen LogP contribution in [0.5, 0.6) is 0 Å². The Balaban J connectivity index is 1.94. The number of ketones is 1. The zero-order chi connectivity index (χ0) is 13.4. The SMILES string of the molecule is CN1CCNCC1C(=O)c1ccc2oc(=O)[nH]c2c1. The third-order valence-corrected chi connectivity index (χ3v) is 3.52. The highest BCUT2D eigenvalue weighted by Crippen LogP contribution is 2.15. The van der Waals surface area contributed by atoms with Gasteiger partial charge in [-0.3, -0.25) is 14.7 Å².